The molecule has 41 heavy (non-hydrogen) atoms. The molecule has 0 aliphatic carbocycles. The zero-order chi connectivity index (χ0) is 29.6. The molecule has 0 bridgehead atoms. The highest BCUT2D eigenvalue weighted by atomic mass is 32.2. The Labute approximate surface area is 236 Å². The normalized spacial score (nSPS) is 13.0. The van der Waals surface area contributed by atoms with E-state index in [1.54, 1.807) is 49.1 Å². The van der Waals surface area contributed by atoms with Crippen LogP contribution in [0.2, 0.25) is 0 Å². The number of fused-ring (bicyclic) bond motifs is 1. The Balaban J connectivity index is 1.61. The smallest absolute Gasteiger partial charge is 0.277 e. The second-order valence-corrected chi connectivity index (χ2v) is 12.0. The number of rotatable bonds is 8. The van der Waals surface area contributed by atoms with E-state index < -0.39 is 16.4 Å². The first-order valence-corrected chi connectivity index (χ1v) is 14.6. The van der Waals surface area contributed by atoms with Crippen LogP contribution in [0.25, 0.3) is 11.4 Å². The van der Waals surface area contributed by atoms with E-state index in [1.165, 1.54) is 7.05 Å². The third-order valence-corrected chi connectivity index (χ3v) is 8.00. The predicted octanol–water partition coefficient (Wildman–Crippen LogP) is 4.22. The second-order valence-electron chi connectivity index (χ2n) is 9.94. The van der Waals surface area contributed by atoms with Crippen LogP contribution < -0.4 is 9.62 Å². The molecule has 11 nitrogen and oxygen atoms in total. The third kappa shape index (κ3) is 5.78. The van der Waals surface area contributed by atoms with Crippen LogP contribution in [0.4, 0.5) is 31.5 Å². The van der Waals surface area contributed by atoms with Crippen molar-refractivity contribution in [2.45, 2.75) is 40.0 Å². The minimum Gasteiger partial charge on any atom is -0.352 e. The average molecular weight is 582 g/mol. The number of benzene rings is 1. The number of aliphatic imine (C=N–C) groups is 1. The highest BCUT2D eigenvalue weighted by molar-refractivity contribution is 7.92. The van der Waals surface area contributed by atoms with Gasteiger partial charge >= 0.3 is 0 Å². The number of pyridine rings is 1. The van der Waals surface area contributed by atoms with Gasteiger partial charge in [-0.1, -0.05) is 0 Å². The molecular weight excluding hydrogens is 552 g/mol. The van der Waals surface area contributed by atoms with Crippen LogP contribution in [0, 0.1) is 20.8 Å². The van der Waals surface area contributed by atoms with Gasteiger partial charge in [0.1, 0.15) is 11.5 Å². The van der Waals surface area contributed by atoms with Crippen LogP contribution in [0.5, 0.6) is 0 Å². The lowest BCUT2D eigenvalue weighted by molar-refractivity contribution is 0.224. The molecule has 0 spiro atoms. The molecule has 0 atom stereocenters. The van der Waals surface area contributed by atoms with Crippen molar-refractivity contribution >= 4 is 38.5 Å². The van der Waals surface area contributed by atoms with Crippen molar-refractivity contribution in [2.75, 3.05) is 22.9 Å². The molecule has 0 unspecified atom stereocenters. The first-order valence-electron chi connectivity index (χ1n) is 12.7. The maximum atomic E-state index is 13.7. The van der Waals surface area contributed by atoms with E-state index in [1.807, 2.05) is 13.8 Å². The number of hydrogen-bond acceptors (Lipinski definition) is 9. The van der Waals surface area contributed by atoms with E-state index in [4.69, 9.17) is 0 Å². The Bertz CT molecular complexity index is 1800. The minimum atomic E-state index is -3.67. The number of nitrogens with one attached hydrogen (secondary N) is 1. The molecule has 0 fully saturated rings. The molecule has 5 rings (SSSR count). The monoisotopic (exact) mass is 581 g/mol. The number of halogens is 2. The lowest BCUT2D eigenvalue weighted by atomic mass is 10.1. The molecule has 0 radical (unpaired) electrons. The van der Waals surface area contributed by atoms with Crippen molar-refractivity contribution in [2.24, 2.45) is 12.0 Å². The summed E-state index contributed by atoms with van der Waals surface area (Å²) in [5.74, 6) is 1.13. The van der Waals surface area contributed by atoms with Gasteiger partial charge in [0, 0.05) is 44.4 Å². The highest BCUT2D eigenvalue weighted by Crippen LogP contribution is 2.40. The van der Waals surface area contributed by atoms with Gasteiger partial charge < -0.3 is 5.32 Å². The third-order valence-electron chi connectivity index (χ3n) is 6.81. The van der Waals surface area contributed by atoms with Crippen molar-refractivity contribution < 1.29 is 17.2 Å². The van der Waals surface area contributed by atoms with Gasteiger partial charge in [-0.2, -0.15) is 5.10 Å². The summed E-state index contributed by atoms with van der Waals surface area (Å²) in [5, 5.41) is 7.53. The number of aromatic nitrogens is 6. The lowest BCUT2D eigenvalue weighted by Gasteiger charge is -2.22. The fraction of sp³-hybridized carbons (Fsp3) is 0.333. The van der Waals surface area contributed by atoms with Crippen molar-refractivity contribution in [3.05, 3.63) is 64.8 Å². The fourth-order valence-electron chi connectivity index (χ4n) is 4.55. The van der Waals surface area contributed by atoms with Crippen LogP contribution in [-0.2, 0) is 29.9 Å². The average Bonchev–Trinajstić information content (AvgIpc) is 3.48. The van der Waals surface area contributed by atoms with Gasteiger partial charge in [0.2, 0.25) is 10.0 Å². The van der Waals surface area contributed by atoms with Crippen LogP contribution in [0.3, 0.4) is 0 Å². The highest BCUT2D eigenvalue weighted by Gasteiger charge is 2.27. The summed E-state index contributed by atoms with van der Waals surface area (Å²) in [6.07, 6.45) is 0.265. The molecule has 4 aromatic rings. The predicted molar refractivity (Wildman–Crippen MR) is 153 cm³/mol. The van der Waals surface area contributed by atoms with Crippen molar-refractivity contribution in [3.8, 4) is 11.4 Å². The number of anilines is 3. The molecule has 0 saturated heterocycles. The first-order chi connectivity index (χ1) is 19.3. The van der Waals surface area contributed by atoms with Crippen LogP contribution >= 0.6 is 0 Å². The minimum absolute atomic E-state index is 0.0886. The van der Waals surface area contributed by atoms with Gasteiger partial charge in [-0.25, -0.2) is 31.9 Å². The van der Waals surface area contributed by atoms with Gasteiger partial charge in [0.15, 0.2) is 5.82 Å². The number of alkyl halides is 2. The summed E-state index contributed by atoms with van der Waals surface area (Å²) in [7, 11) is -0.475. The number of sulfonamides is 1. The molecule has 1 aliphatic rings. The lowest BCUT2D eigenvalue weighted by Crippen LogP contribution is -2.25. The zero-order valence-electron chi connectivity index (χ0n) is 23.4. The van der Waals surface area contributed by atoms with Gasteiger partial charge in [0.25, 0.3) is 6.43 Å². The van der Waals surface area contributed by atoms with E-state index >= 15 is 0 Å². The molecule has 1 aliphatic heterocycles. The molecular formula is C27H29F2N9O2S. The summed E-state index contributed by atoms with van der Waals surface area (Å²) in [6.45, 7) is 5.50. The van der Waals surface area contributed by atoms with Crippen LogP contribution in [-0.4, -0.2) is 63.6 Å². The quantitative estimate of drug-likeness (QED) is 0.327. The van der Waals surface area contributed by atoms with Crippen molar-refractivity contribution in [1.29, 1.82) is 0 Å². The number of hydrogen-bond donors (Lipinski definition) is 1. The molecule has 1 N–H and O–H groups in total. The summed E-state index contributed by atoms with van der Waals surface area (Å²) in [6, 6.07) is 6.90. The second kappa shape index (κ2) is 10.6. The molecule has 0 amide bonds. The molecule has 1 aromatic carbocycles. The molecule has 214 valence electrons. The summed E-state index contributed by atoms with van der Waals surface area (Å²) in [5.41, 5.74) is 5.10. The summed E-state index contributed by atoms with van der Waals surface area (Å²) >= 11 is 0. The van der Waals surface area contributed by atoms with Gasteiger partial charge in [-0.3, -0.25) is 19.3 Å². The van der Waals surface area contributed by atoms with E-state index in [2.05, 4.69) is 35.3 Å². The summed E-state index contributed by atoms with van der Waals surface area (Å²) in [4.78, 5) is 22.2. The van der Waals surface area contributed by atoms with Gasteiger partial charge in [0.05, 0.1) is 51.8 Å². The Morgan fingerprint density at radius 3 is 2.44 bits per heavy atom. The Morgan fingerprint density at radius 1 is 1.05 bits per heavy atom. The van der Waals surface area contributed by atoms with E-state index in [0.717, 1.165) is 21.9 Å². The molecule has 14 heteroatoms. The maximum Gasteiger partial charge on any atom is 0.277 e. The first kappa shape index (κ1) is 28.2. The topological polar surface area (TPSA) is 131 Å². The van der Waals surface area contributed by atoms with Gasteiger partial charge in [-0.05, 0) is 45.0 Å². The Morgan fingerprint density at radius 2 is 1.80 bits per heavy atom. The molecule has 0 saturated carbocycles. The largest absolute Gasteiger partial charge is 0.352 e. The standard InChI is InChI=1S/C27H29F2N9O2S/c1-14-15(2)31-19(13-30-14)10-18-11-21(25-22(33-18)12-23(35-25)26(28)29)34-20-8-7-17(27-32-16(3)36-37(27)4)9-24(20)38(5)41(6,39)40/h7-9,11,13,26H,10,12H2,1-6H3,(H,33,34). The zero-order valence-corrected chi connectivity index (χ0v) is 24.3. The molecule has 4 heterocycles. The van der Waals surface area contributed by atoms with Crippen molar-refractivity contribution in [3.63, 3.8) is 0 Å². The van der Waals surface area contributed by atoms with Crippen LogP contribution in [0.15, 0.2) is 35.5 Å². The molecule has 3 aromatic heterocycles. The Kier molecular flexibility index (Phi) is 7.28. The van der Waals surface area contributed by atoms with E-state index in [-0.39, 0.29) is 17.8 Å². The number of nitrogens with zero attached hydrogens (tertiary/aromatic N) is 8. The number of aryl methyl sites for hydroxylation is 4. The van der Waals surface area contributed by atoms with E-state index in [0.29, 0.717) is 57.8 Å². The van der Waals surface area contributed by atoms with Crippen LogP contribution in [0.1, 0.15) is 34.3 Å². The van der Waals surface area contributed by atoms with E-state index in [9.17, 15) is 17.2 Å². The Hall–Kier alpha value is -4.33. The maximum absolute atomic E-state index is 13.7. The van der Waals surface area contributed by atoms with Crippen molar-refractivity contribution in [1.82, 2.24) is 29.7 Å². The fourth-order valence-corrected chi connectivity index (χ4v) is 5.06. The summed E-state index contributed by atoms with van der Waals surface area (Å²) < 4.78 is 55.3. The SMILES string of the molecule is Cc1nc(-c2ccc(Nc3cc(Cc4cnc(C)c(C)n4)nc4c3N=C(C(F)F)C4)c(N(C)S(C)(=O)=O)c2)n(C)n1. The van der Waals surface area contributed by atoms with Gasteiger partial charge in [-0.15, -0.1) is 0 Å².